The van der Waals surface area contributed by atoms with Gasteiger partial charge in [-0.25, -0.2) is 4.79 Å². The molecular formula is C20H18N2O3S. The Morgan fingerprint density at radius 3 is 1.73 bits per heavy atom. The van der Waals surface area contributed by atoms with Crippen LogP contribution in [0, 0.1) is 6.92 Å². The van der Waals surface area contributed by atoms with Crippen molar-refractivity contribution in [3.8, 4) is 0 Å². The number of likely N-dealkylation sites (N-methyl/N-ethyl adjacent to an activating group) is 2. The van der Waals surface area contributed by atoms with Gasteiger partial charge in [-0.1, -0.05) is 41.6 Å². The number of barbiturate groups is 1. The Balaban J connectivity index is 1.81. The highest BCUT2D eigenvalue weighted by Crippen LogP contribution is 2.28. The molecule has 0 unspecified atom stereocenters. The first-order chi connectivity index (χ1) is 12.4. The van der Waals surface area contributed by atoms with E-state index < -0.39 is 17.8 Å². The number of amides is 4. The molecule has 1 aliphatic rings. The number of urea groups is 1. The van der Waals surface area contributed by atoms with Gasteiger partial charge in [-0.2, -0.15) is 0 Å². The summed E-state index contributed by atoms with van der Waals surface area (Å²) in [6.45, 7) is 2.05. The number of hydrogen-bond donors (Lipinski definition) is 0. The van der Waals surface area contributed by atoms with Gasteiger partial charge in [0.1, 0.15) is 5.57 Å². The van der Waals surface area contributed by atoms with Gasteiger partial charge in [0, 0.05) is 23.9 Å². The van der Waals surface area contributed by atoms with Gasteiger partial charge in [0.05, 0.1) is 0 Å². The van der Waals surface area contributed by atoms with Gasteiger partial charge >= 0.3 is 6.03 Å². The minimum atomic E-state index is -0.623. The van der Waals surface area contributed by atoms with Crippen LogP contribution in [0.3, 0.4) is 0 Å². The van der Waals surface area contributed by atoms with E-state index in [1.165, 1.54) is 25.7 Å². The lowest BCUT2D eigenvalue weighted by atomic mass is 10.1. The standard InChI is InChI=1S/C20H18N2O3S/c1-13-4-8-15(9-5-13)26-16-10-6-14(7-11-16)12-17-18(23)21(2)20(25)22(3)19(17)24/h4-12H,1-3H3. The number of carbonyl (C=O) groups is 3. The van der Waals surface area contributed by atoms with Crippen molar-refractivity contribution in [3.63, 3.8) is 0 Å². The first-order valence-electron chi connectivity index (χ1n) is 8.03. The van der Waals surface area contributed by atoms with Crippen molar-refractivity contribution >= 4 is 35.7 Å². The molecule has 0 aliphatic carbocycles. The maximum atomic E-state index is 12.2. The Kier molecular flexibility index (Phi) is 4.95. The van der Waals surface area contributed by atoms with E-state index in [1.807, 2.05) is 31.2 Å². The van der Waals surface area contributed by atoms with Crippen LogP contribution in [0.1, 0.15) is 11.1 Å². The molecular weight excluding hydrogens is 348 g/mol. The van der Waals surface area contributed by atoms with Gasteiger partial charge in [0.25, 0.3) is 11.8 Å². The fraction of sp³-hybridized carbons (Fsp3) is 0.150. The molecule has 0 saturated carbocycles. The van der Waals surface area contributed by atoms with Crippen LogP contribution in [0.2, 0.25) is 0 Å². The number of imide groups is 2. The highest BCUT2D eigenvalue weighted by Gasteiger charge is 2.37. The van der Waals surface area contributed by atoms with E-state index in [2.05, 4.69) is 24.3 Å². The van der Waals surface area contributed by atoms with E-state index in [0.29, 0.717) is 0 Å². The molecule has 0 aromatic heterocycles. The third kappa shape index (κ3) is 3.55. The van der Waals surface area contributed by atoms with Crippen LogP contribution in [0.25, 0.3) is 6.08 Å². The molecule has 6 heteroatoms. The lowest BCUT2D eigenvalue weighted by Crippen LogP contribution is -2.52. The van der Waals surface area contributed by atoms with E-state index in [4.69, 9.17) is 0 Å². The molecule has 132 valence electrons. The molecule has 0 spiro atoms. The Bertz CT molecular complexity index is 876. The Morgan fingerprint density at radius 2 is 1.23 bits per heavy atom. The van der Waals surface area contributed by atoms with Crippen molar-refractivity contribution in [1.82, 2.24) is 9.80 Å². The first-order valence-corrected chi connectivity index (χ1v) is 8.85. The van der Waals surface area contributed by atoms with Crippen LogP contribution in [0.4, 0.5) is 4.79 Å². The molecule has 1 saturated heterocycles. The predicted molar refractivity (Wildman–Crippen MR) is 101 cm³/mol. The van der Waals surface area contributed by atoms with Crippen LogP contribution in [-0.4, -0.2) is 41.7 Å². The molecule has 2 aromatic rings. The van der Waals surface area contributed by atoms with Gasteiger partial charge in [0.2, 0.25) is 0 Å². The maximum Gasteiger partial charge on any atom is 0.333 e. The van der Waals surface area contributed by atoms with Crippen molar-refractivity contribution in [3.05, 3.63) is 65.2 Å². The summed E-state index contributed by atoms with van der Waals surface area (Å²) in [6, 6.07) is 15.2. The van der Waals surface area contributed by atoms with Crippen molar-refractivity contribution in [2.45, 2.75) is 16.7 Å². The average Bonchev–Trinajstić information content (AvgIpc) is 2.65. The van der Waals surface area contributed by atoms with E-state index in [0.717, 1.165) is 25.2 Å². The molecule has 1 heterocycles. The summed E-state index contributed by atoms with van der Waals surface area (Å²) in [4.78, 5) is 40.3. The second-order valence-electron chi connectivity index (χ2n) is 6.05. The number of nitrogens with zero attached hydrogens (tertiary/aromatic N) is 2. The molecule has 2 aromatic carbocycles. The van der Waals surface area contributed by atoms with Gasteiger partial charge in [0.15, 0.2) is 0 Å². The zero-order valence-corrected chi connectivity index (χ0v) is 15.5. The lowest BCUT2D eigenvalue weighted by Gasteiger charge is -2.28. The van der Waals surface area contributed by atoms with Crippen LogP contribution < -0.4 is 0 Å². The van der Waals surface area contributed by atoms with Gasteiger partial charge in [-0.15, -0.1) is 0 Å². The van der Waals surface area contributed by atoms with Crippen molar-refractivity contribution in [2.24, 2.45) is 0 Å². The number of benzene rings is 2. The minimum Gasteiger partial charge on any atom is -0.268 e. The van der Waals surface area contributed by atoms with E-state index in [9.17, 15) is 14.4 Å². The summed E-state index contributed by atoms with van der Waals surface area (Å²) in [7, 11) is 2.73. The molecule has 1 aliphatic heterocycles. The largest absolute Gasteiger partial charge is 0.333 e. The SMILES string of the molecule is Cc1ccc(Sc2ccc(C=C3C(=O)N(C)C(=O)N(C)C3=O)cc2)cc1. The fourth-order valence-corrected chi connectivity index (χ4v) is 3.33. The highest BCUT2D eigenvalue weighted by atomic mass is 32.2. The Morgan fingerprint density at radius 1 is 0.769 bits per heavy atom. The normalized spacial score (nSPS) is 14.9. The summed E-state index contributed by atoms with van der Waals surface area (Å²) >= 11 is 1.64. The molecule has 26 heavy (non-hydrogen) atoms. The third-order valence-corrected chi connectivity index (χ3v) is 5.11. The second-order valence-corrected chi connectivity index (χ2v) is 7.20. The summed E-state index contributed by atoms with van der Waals surface area (Å²) in [5, 5.41) is 0. The number of aryl methyl sites for hydroxylation is 1. The van der Waals surface area contributed by atoms with Gasteiger partial charge in [-0.3, -0.25) is 19.4 Å². The molecule has 5 nitrogen and oxygen atoms in total. The smallest absolute Gasteiger partial charge is 0.268 e. The maximum absolute atomic E-state index is 12.2. The predicted octanol–water partition coefficient (Wildman–Crippen LogP) is 3.58. The number of hydrogen-bond acceptors (Lipinski definition) is 4. The van der Waals surface area contributed by atoms with Crippen LogP contribution in [0.5, 0.6) is 0 Å². The first kappa shape index (κ1) is 17.9. The molecule has 0 atom stereocenters. The van der Waals surface area contributed by atoms with Gasteiger partial charge < -0.3 is 0 Å². The molecule has 0 N–H and O–H groups in total. The Labute approximate surface area is 156 Å². The zero-order valence-electron chi connectivity index (χ0n) is 14.7. The van der Waals surface area contributed by atoms with Crippen molar-refractivity contribution in [2.75, 3.05) is 14.1 Å². The second kappa shape index (κ2) is 7.17. The summed E-state index contributed by atoms with van der Waals surface area (Å²) in [6.07, 6.45) is 1.52. The molecule has 0 radical (unpaired) electrons. The summed E-state index contributed by atoms with van der Waals surface area (Å²) in [5.41, 5.74) is 1.92. The zero-order chi connectivity index (χ0) is 18.8. The topological polar surface area (TPSA) is 57.7 Å². The fourth-order valence-electron chi connectivity index (χ4n) is 2.52. The monoisotopic (exact) mass is 366 g/mol. The minimum absolute atomic E-state index is 0.0199. The van der Waals surface area contributed by atoms with Crippen molar-refractivity contribution in [1.29, 1.82) is 0 Å². The Hall–Kier alpha value is -2.86. The van der Waals surface area contributed by atoms with E-state index in [1.54, 1.807) is 11.8 Å². The van der Waals surface area contributed by atoms with Crippen LogP contribution >= 0.6 is 11.8 Å². The van der Waals surface area contributed by atoms with E-state index in [-0.39, 0.29) is 5.57 Å². The lowest BCUT2D eigenvalue weighted by molar-refractivity contribution is -0.134. The summed E-state index contributed by atoms with van der Waals surface area (Å²) in [5.74, 6) is -1.17. The van der Waals surface area contributed by atoms with Gasteiger partial charge in [-0.05, 0) is 42.8 Å². The quantitative estimate of drug-likeness (QED) is 0.615. The third-order valence-electron chi connectivity index (χ3n) is 4.09. The average molecular weight is 366 g/mol. The number of carbonyl (C=O) groups excluding carboxylic acids is 3. The molecule has 0 bridgehead atoms. The molecule has 3 rings (SSSR count). The number of rotatable bonds is 3. The highest BCUT2D eigenvalue weighted by molar-refractivity contribution is 7.99. The summed E-state index contributed by atoms with van der Waals surface area (Å²) < 4.78 is 0. The van der Waals surface area contributed by atoms with E-state index >= 15 is 0 Å². The van der Waals surface area contributed by atoms with Crippen LogP contribution in [0.15, 0.2) is 63.9 Å². The molecule has 1 fully saturated rings. The van der Waals surface area contributed by atoms with Crippen molar-refractivity contribution < 1.29 is 14.4 Å². The molecule has 4 amide bonds. The van der Waals surface area contributed by atoms with Crippen LogP contribution in [-0.2, 0) is 9.59 Å².